The zero-order valence-electron chi connectivity index (χ0n) is 8.15. The largest absolute Gasteiger partial charge is 0.469 e. The molecule has 0 bridgehead atoms. The van der Waals surface area contributed by atoms with Crippen LogP contribution in [0.4, 0.5) is 0 Å². The van der Waals surface area contributed by atoms with Crippen LogP contribution in [0.2, 0.25) is 0 Å². The monoisotopic (exact) mass is 208 g/mol. The normalized spacial score (nSPS) is 13.1. The highest BCUT2D eigenvalue weighted by Crippen LogP contribution is 2.27. The Morgan fingerprint density at radius 1 is 1.29 bits per heavy atom. The van der Waals surface area contributed by atoms with E-state index in [1.807, 2.05) is 31.4 Å². The number of rotatable bonds is 2. The van der Waals surface area contributed by atoms with E-state index in [0.717, 1.165) is 16.9 Å². The van der Waals surface area contributed by atoms with Gasteiger partial charge in [0.15, 0.2) is 0 Å². The highest BCUT2D eigenvalue weighted by atomic mass is 32.1. The quantitative estimate of drug-likeness (QED) is 0.823. The van der Waals surface area contributed by atoms with Crippen LogP contribution in [0.25, 0.3) is 0 Å². The summed E-state index contributed by atoms with van der Waals surface area (Å²) in [5.74, 6) is 0.825. The van der Waals surface area contributed by atoms with E-state index in [4.69, 9.17) is 4.42 Å². The van der Waals surface area contributed by atoms with Gasteiger partial charge < -0.3 is 9.52 Å². The topological polar surface area (TPSA) is 33.4 Å². The summed E-state index contributed by atoms with van der Waals surface area (Å²) >= 11 is 1.64. The summed E-state index contributed by atoms with van der Waals surface area (Å²) in [6.45, 7) is 3.90. The van der Waals surface area contributed by atoms with Gasteiger partial charge >= 0.3 is 0 Å². The van der Waals surface area contributed by atoms with Crippen molar-refractivity contribution in [1.82, 2.24) is 0 Å². The summed E-state index contributed by atoms with van der Waals surface area (Å²) in [6.07, 6.45) is 1.05. The lowest BCUT2D eigenvalue weighted by molar-refractivity contribution is 0.219. The van der Waals surface area contributed by atoms with Crippen LogP contribution in [0.15, 0.2) is 28.2 Å². The second kappa shape index (κ2) is 3.59. The predicted octanol–water partition coefficient (Wildman–Crippen LogP) is 3.04. The van der Waals surface area contributed by atoms with E-state index >= 15 is 0 Å². The highest BCUT2D eigenvalue weighted by molar-refractivity contribution is 7.10. The maximum Gasteiger partial charge on any atom is 0.108 e. The third kappa shape index (κ3) is 1.74. The first-order valence-corrected chi connectivity index (χ1v) is 5.33. The Morgan fingerprint density at radius 2 is 2.07 bits per heavy atom. The average molecular weight is 208 g/mol. The first-order valence-electron chi connectivity index (χ1n) is 4.45. The van der Waals surface area contributed by atoms with Crippen LogP contribution in [0, 0.1) is 13.8 Å². The number of hydrogen-bond acceptors (Lipinski definition) is 3. The summed E-state index contributed by atoms with van der Waals surface area (Å²) in [5.41, 5.74) is 1.76. The molecule has 0 aliphatic rings. The van der Waals surface area contributed by atoms with Crippen LogP contribution in [0.1, 0.15) is 27.9 Å². The first kappa shape index (κ1) is 9.49. The van der Waals surface area contributed by atoms with Gasteiger partial charge in [-0.15, -0.1) is 11.3 Å². The Bertz CT molecular complexity index is 388. The van der Waals surface area contributed by atoms with Crippen molar-refractivity contribution in [1.29, 1.82) is 0 Å². The predicted molar refractivity (Wildman–Crippen MR) is 56.6 cm³/mol. The maximum atomic E-state index is 9.97. The van der Waals surface area contributed by atoms with Crippen molar-refractivity contribution in [3.63, 3.8) is 0 Å². The van der Waals surface area contributed by atoms with Crippen molar-refractivity contribution in [2.75, 3.05) is 0 Å². The average Bonchev–Trinajstić information content (AvgIpc) is 2.73. The van der Waals surface area contributed by atoms with Gasteiger partial charge in [-0.3, -0.25) is 0 Å². The van der Waals surface area contributed by atoms with Gasteiger partial charge in [0.05, 0.1) is 6.26 Å². The summed E-state index contributed by atoms with van der Waals surface area (Å²) in [7, 11) is 0. The molecule has 3 heteroatoms. The molecule has 0 aliphatic heterocycles. The fourth-order valence-electron chi connectivity index (χ4n) is 1.41. The van der Waals surface area contributed by atoms with E-state index in [0.29, 0.717) is 0 Å². The van der Waals surface area contributed by atoms with Crippen LogP contribution >= 0.6 is 11.3 Å². The molecule has 0 amide bonds. The zero-order chi connectivity index (χ0) is 10.1. The molecule has 1 N–H and O–H groups in total. The Kier molecular flexibility index (Phi) is 2.44. The molecule has 0 aliphatic carbocycles. The molecule has 74 valence electrons. The van der Waals surface area contributed by atoms with Gasteiger partial charge in [-0.25, -0.2) is 0 Å². The summed E-state index contributed by atoms with van der Waals surface area (Å²) in [5, 5.41) is 11.9. The molecule has 2 aromatic rings. The van der Waals surface area contributed by atoms with E-state index in [1.54, 1.807) is 17.6 Å². The third-order valence-electron chi connectivity index (χ3n) is 2.13. The number of furan rings is 1. The molecule has 0 radical (unpaired) electrons. The lowest BCUT2D eigenvalue weighted by Crippen LogP contribution is -1.95. The van der Waals surface area contributed by atoms with E-state index in [2.05, 4.69) is 0 Å². The molecule has 1 unspecified atom stereocenters. The van der Waals surface area contributed by atoms with Gasteiger partial charge in [-0.1, -0.05) is 0 Å². The fraction of sp³-hybridized carbons (Fsp3) is 0.273. The van der Waals surface area contributed by atoms with Crippen LogP contribution in [-0.2, 0) is 0 Å². The highest BCUT2D eigenvalue weighted by Gasteiger charge is 2.13. The van der Waals surface area contributed by atoms with Crippen LogP contribution in [0.3, 0.4) is 0 Å². The summed E-state index contributed by atoms with van der Waals surface area (Å²) in [6, 6.07) is 3.86. The lowest BCUT2D eigenvalue weighted by Gasteiger charge is -2.04. The Balaban J connectivity index is 2.28. The molecule has 0 aromatic carbocycles. The summed E-state index contributed by atoms with van der Waals surface area (Å²) in [4.78, 5) is 1.21. The minimum atomic E-state index is -0.558. The van der Waals surface area contributed by atoms with Crippen molar-refractivity contribution >= 4 is 11.3 Å². The molecule has 0 spiro atoms. The number of aliphatic hydroxyl groups is 1. The van der Waals surface area contributed by atoms with Crippen molar-refractivity contribution in [3.05, 3.63) is 45.5 Å². The molecular formula is C11H12O2S. The zero-order valence-corrected chi connectivity index (χ0v) is 8.97. The third-order valence-corrected chi connectivity index (χ3v) is 3.01. The van der Waals surface area contributed by atoms with Crippen LogP contribution < -0.4 is 0 Å². The molecular weight excluding hydrogens is 196 g/mol. The van der Waals surface area contributed by atoms with E-state index in [9.17, 15) is 5.11 Å². The fourth-order valence-corrected chi connectivity index (χ4v) is 2.13. The minimum Gasteiger partial charge on any atom is -0.469 e. The molecule has 2 rings (SSSR count). The number of aryl methyl sites for hydroxylation is 2. The van der Waals surface area contributed by atoms with E-state index in [1.165, 1.54) is 4.88 Å². The molecule has 0 fully saturated rings. The SMILES string of the molecule is Cc1cc(C(O)c2csc(C)c2)co1. The summed E-state index contributed by atoms with van der Waals surface area (Å²) < 4.78 is 5.16. The van der Waals surface area contributed by atoms with Gasteiger partial charge in [0.1, 0.15) is 11.9 Å². The van der Waals surface area contributed by atoms with Crippen LogP contribution in [0.5, 0.6) is 0 Å². The number of hydrogen-bond donors (Lipinski definition) is 1. The van der Waals surface area contributed by atoms with Gasteiger partial charge in [0.2, 0.25) is 0 Å². The first-order chi connectivity index (χ1) is 6.66. The molecule has 2 nitrogen and oxygen atoms in total. The molecule has 2 aromatic heterocycles. The molecule has 0 saturated carbocycles. The second-order valence-electron chi connectivity index (χ2n) is 3.38. The smallest absolute Gasteiger partial charge is 0.108 e. The number of thiophene rings is 1. The second-order valence-corrected chi connectivity index (χ2v) is 4.50. The van der Waals surface area contributed by atoms with E-state index in [-0.39, 0.29) is 0 Å². The van der Waals surface area contributed by atoms with Gasteiger partial charge in [-0.05, 0) is 36.9 Å². The van der Waals surface area contributed by atoms with Gasteiger partial charge in [0, 0.05) is 10.4 Å². The van der Waals surface area contributed by atoms with Crippen molar-refractivity contribution < 1.29 is 9.52 Å². The Labute approximate surface area is 86.8 Å². The molecule has 1 atom stereocenters. The molecule has 2 heterocycles. The Hall–Kier alpha value is -1.06. The standard InChI is InChI=1S/C11H12O2S/c1-7-3-9(5-13-7)11(12)10-4-8(2)14-6-10/h3-6,11-12H,1-2H3. The van der Waals surface area contributed by atoms with Crippen molar-refractivity contribution in [2.24, 2.45) is 0 Å². The Morgan fingerprint density at radius 3 is 2.57 bits per heavy atom. The van der Waals surface area contributed by atoms with Crippen molar-refractivity contribution in [2.45, 2.75) is 20.0 Å². The van der Waals surface area contributed by atoms with Gasteiger partial charge in [0.25, 0.3) is 0 Å². The van der Waals surface area contributed by atoms with Crippen molar-refractivity contribution in [3.8, 4) is 0 Å². The molecule has 14 heavy (non-hydrogen) atoms. The lowest BCUT2D eigenvalue weighted by atomic mass is 10.1. The molecule has 0 saturated heterocycles. The number of aliphatic hydroxyl groups excluding tert-OH is 1. The van der Waals surface area contributed by atoms with E-state index < -0.39 is 6.10 Å². The van der Waals surface area contributed by atoms with Crippen LogP contribution in [-0.4, -0.2) is 5.11 Å². The van der Waals surface area contributed by atoms with Gasteiger partial charge in [-0.2, -0.15) is 0 Å². The minimum absolute atomic E-state index is 0.558. The maximum absolute atomic E-state index is 9.97.